The standard InChI is InChI=1S/C15H21NO3/c1-16(9-7-15(17)18)8-6-12-10-13-4-2-3-5-14(13)19-11-12/h2-5,12H,6-11H2,1H3,(H,17,18). The van der Waals surface area contributed by atoms with E-state index in [1.807, 2.05) is 25.2 Å². The van der Waals surface area contributed by atoms with Crippen molar-refractivity contribution < 1.29 is 14.6 Å². The van der Waals surface area contributed by atoms with Gasteiger partial charge >= 0.3 is 5.97 Å². The van der Waals surface area contributed by atoms with Crippen LogP contribution in [-0.2, 0) is 11.2 Å². The van der Waals surface area contributed by atoms with Crippen LogP contribution in [0.5, 0.6) is 5.75 Å². The fourth-order valence-corrected chi connectivity index (χ4v) is 2.38. The van der Waals surface area contributed by atoms with Gasteiger partial charge in [-0.05, 0) is 44.0 Å². The number of carboxylic acids is 1. The van der Waals surface area contributed by atoms with Gasteiger partial charge in [0.25, 0.3) is 0 Å². The second-order valence-corrected chi connectivity index (χ2v) is 5.22. The second kappa shape index (κ2) is 6.57. The largest absolute Gasteiger partial charge is 0.493 e. The summed E-state index contributed by atoms with van der Waals surface area (Å²) < 4.78 is 5.75. The lowest BCUT2D eigenvalue weighted by Crippen LogP contribution is -2.28. The summed E-state index contributed by atoms with van der Waals surface area (Å²) in [5, 5.41) is 8.64. The molecule has 104 valence electrons. The average molecular weight is 263 g/mol. The van der Waals surface area contributed by atoms with Crippen molar-refractivity contribution in [3.05, 3.63) is 29.8 Å². The number of rotatable bonds is 6. The van der Waals surface area contributed by atoms with E-state index in [-0.39, 0.29) is 6.42 Å². The molecule has 1 aromatic rings. The third kappa shape index (κ3) is 4.24. The minimum Gasteiger partial charge on any atom is -0.493 e. The van der Waals surface area contributed by atoms with Crippen molar-refractivity contribution in [3.63, 3.8) is 0 Å². The minimum atomic E-state index is -0.734. The van der Waals surface area contributed by atoms with Gasteiger partial charge < -0.3 is 14.7 Å². The molecule has 4 heteroatoms. The van der Waals surface area contributed by atoms with E-state index in [1.165, 1.54) is 5.56 Å². The van der Waals surface area contributed by atoms with Crippen LogP contribution in [-0.4, -0.2) is 42.7 Å². The van der Waals surface area contributed by atoms with Crippen LogP contribution >= 0.6 is 0 Å². The van der Waals surface area contributed by atoms with E-state index in [1.54, 1.807) is 0 Å². The first-order valence-electron chi connectivity index (χ1n) is 6.76. The highest BCUT2D eigenvalue weighted by molar-refractivity contribution is 5.66. The Morgan fingerprint density at radius 1 is 1.42 bits per heavy atom. The van der Waals surface area contributed by atoms with Crippen LogP contribution in [0.1, 0.15) is 18.4 Å². The molecular weight excluding hydrogens is 242 g/mol. The van der Waals surface area contributed by atoms with Gasteiger partial charge in [0.1, 0.15) is 5.75 Å². The van der Waals surface area contributed by atoms with E-state index in [0.717, 1.165) is 31.7 Å². The van der Waals surface area contributed by atoms with Crippen molar-refractivity contribution in [1.82, 2.24) is 4.90 Å². The molecule has 0 saturated heterocycles. The molecule has 1 aliphatic rings. The van der Waals surface area contributed by atoms with Gasteiger partial charge in [-0.15, -0.1) is 0 Å². The Hall–Kier alpha value is -1.55. The molecule has 0 fully saturated rings. The molecule has 0 radical (unpaired) electrons. The lowest BCUT2D eigenvalue weighted by atomic mass is 9.94. The zero-order chi connectivity index (χ0) is 13.7. The van der Waals surface area contributed by atoms with Crippen LogP contribution in [0.4, 0.5) is 0 Å². The van der Waals surface area contributed by atoms with Crippen molar-refractivity contribution in [1.29, 1.82) is 0 Å². The van der Waals surface area contributed by atoms with E-state index in [2.05, 4.69) is 11.0 Å². The summed E-state index contributed by atoms with van der Waals surface area (Å²) in [5.41, 5.74) is 1.28. The SMILES string of the molecule is CN(CCC(=O)O)CCC1COc2ccccc2C1. The number of para-hydroxylation sites is 1. The van der Waals surface area contributed by atoms with Crippen LogP contribution in [0.3, 0.4) is 0 Å². The molecule has 0 spiro atoms. The van der Waals surface area contributed by atoms with Crippen LogP contribution in [0.2, 0.25) is 0 Å². The van der Waals surface area contributed by atoms with Crippen LogP contribution in [0.15, 0.2) is 24.3 Å². The van der Waals surface area contributed by atoms with Gasteiger partial charge in [0, 0.05) is 6.54 Å². The Labute approximate surface area is 114 Å². The Bertz CT molecular complexity index is 433. The minimum absolute atomic E-state index is 0.209. The summed E-state index contributed by atoms with van der Waals surface area (Å²) >= 11 is 0. The summed E-state index contributed by atoms with van der Waals surface area (Å²) in [5.74, 6) is 0.807. The Kier molecular flexibility index (Phi) is 4.80. The molecule has 0 bridgehead atoms. The summed E-state index contributed by atoms with van der Waals surface area (Å²) in [4.78, 5) is 12.6. The average Bonchev–Trinajstić information content (AvgIpc) is 2.42. The molecule has 1 unspecified atom stereocenters. The van der Waals surface area contributed by atoms with Gasteiger partial charge in [-0.1, -0.05) is 18.2 Å². The first-order valence-corrected chi connectivity index (χ1v) is 6.76. The van der Waals surface area contributed by atoms with Crippen LogP contribution in [0.25, 0.3) is 0 Å². The summed E-state index contributed by atoms with van der Waals surface area (Å²) in [6.07, 6.45) is 2.31. The molecule has 0 aromatic heterocycles. The summed E-state index contributed by atoms with van der Waals surface area (Å²) in [7, 11) is 1.97. The second-order valence-electron chi connectivity index (χ2n) is 5.22. The zero-order valence-corrected chi connectivity index (χ0v) is 11.3. The maximum Gasteiger partial charge on any atom is 0.304 e. The monoisotopic (exact) mass is 263 g/mol. The Morgan fingerprint density at radius 3 is 3.00 bits per heavy atom. The third-order valence-electron chi connectivity index (χ3n) is 3.58. The van der Waals surface area contributed by atoms with Crippen molar-refractivity contribution >= 4 is 5.97 Å². The van der Waals surface area contributed by atoms with Crippen molar-refractivity contribution in [2.45, 2.75) is 19.3 Å². The number of aliphatic carboxylic acids is 1. The maximum atomic E-state index is 10.5. The van der Waals surface area contributed by atoms with E-state index in [0.29, 0.717) is 12.5 Å². The number of nitrogens with zero attached hydrogens (tertiary/aromatic N) is 1. The molecule has 0 aliphatic carbocycles. The van der Waals surface area contributed by atoms with E-state index in [9.17, 15) is 4.79 Å². The van der Waals surface area contributed by atoms with Gasteiger partial charge in [0.15, 0.2) is 0 Å². The molecule has 2 rings (SSSR count). The first-order chi connectivity index (χ1) is 9.15. The van der Waals surface area contributed by atoms with Crippen LogP contribution < -0.4 is 4.74 Å². The lowest BCUT2D eigenvalue weighted by Gasteiger charge is -2.26. The van der Waals surface area contributed by atoms with E-state index >= 15 is 0 Å². The molecule has 1 N–H and O–H groups in total. The molecule has 1 atom stereocenters. The molecule has 1 heterocycles. The highest BCUT2D eigenvalue weighted by Gasteiger charge is 2.19. The van der Waals surface area contributed by atoms with Gasteiger partial charge in [-0.3, -0.25) is 4.79 Å². The number of fused-ring (bicyclic) bond motifs is 1. The molecule has 19 heavy (non-hydrogen) atoms. The quantitative estimate of drug-likeness (QED) is 0.853. The fourth-order valence-electron chi connectivity index (χ4n) is 2.38. The highest BCUT2D eigenvalue weighted by atomic mass is 16.5. The molecule has 0 amide bonds. The molecule has 0 saturated carbocycles. The first kappa shape index (κ1) is 13.9. The van der Waals surface area contributed by atoms with Crippen molar-refractivity contribution in [3.8, 4) is 5.75 Å². The van der Waals surface area contributed by atoms with E-state index < -0.39 is 5.97 Å². The van der Waals surface area contributed by atoms with Gasteiger partial charge in [0.2, 0.25) is 0 Å². The molecule has 1 aliphatic heterocycles. The normalized spacial score (nSPS) is 17.9. The summed E-state index contributed by atoms with van der Waals surface area (Å²) in [6.45, 7) is 2.30. The van der Waals surface area contributed by atoms with Gasteiger partial charge in [-0.25, -0.2) is 0 Å². The number of ether oxygens (including phenoxy) is 1. The molecule has 4 nitrogen and oxygen atoms in total. The Balaban J connectivity index is 1.75. The molecule has 1 aromatic carbocycles. The number of benzene rings is 1. The third-order valence-corrected chi connectivity index (χ3v) is 3.58. The number of carboxylic acid groups (broad SMARTS) is 1. The highest BCUT2D eigenvalue weighted by Crippen LogP contribution is 2.28. The molecular formula is C15H21NO3. The maximum absolute atomic E-state index is 10.5. The lowest BCUT2D eigenvalue weighted by molar-refractivity contribution is -0.137. The number of carbonyl (C=O) groups is 1. The van der Waals surface area contributed by atoms with Crippen molar-refractivity contribution in [2.24, 2.45) is 5.92 Å². The van der Waals surface area contributed by atoms with Crippen LogP contribution in [0, 0.1) is 5.92 Å². The topological polar surface area (TPSA) is 49.8 Å². The van der Waals surface area contributed by atoms with Gasteiger partial charge in [-0.2, -0.15) is 0 Å². The van der Waals surface area contributed by atoms with E-state index in [4.69, 9.17) is 9.84 Å². The number of hydrogen-bond donors (Lipinski definition) is 1. The summed E-state index contributed by atoms with van der Waals surface area (Å²) in [6, 6.07) is 8.18. The smallest absolute Gasteiger partial charge is 0.304 e. The fraction of sp³-hybridized carbons (Fsp3) is 0.533. The predicted molar refractivity (Wildman–Crippen MR) is 73.5 cm³/mol. The zero-order valence-electron chi connectivity index (χ0n) is 11.3. The predicted octanol–water partition coefficient (Wildman–Crippen LogP) is 2.03. The van der Waals surface area contributed by atoms with Crippen molar-refractivity contribution in [2.75, 3.05) is 26.7 Å². The van der Waals surface area contributed by atoms with Gasteiger partial charge in [0.05, 0.1) is 13.0 Å². The number of hydrogen-bond acceptors (Lipinski definition) is 3. The Morgan fingerprint density at radius 2 is 2.21 bits per heavy atom.